The van der Waals surface area contributed by atoms with Gasteiger partial charge in [-0.15, -0.1) is 0 Å². The highest BCUT2D eigenvalue weighted by Gasteiger charge is 2.46. The fourth-order valence-corrected chi connectivity index (χ4v) is 5.92. The van der Waals surface area contributed by atoms with Crippen molar-refractivity contribution in [3.05, 3.63) is 78.4 Å². The van der Waals surface area contributed by atoms with Gasteiger partial charge in [0.2, 0.25) is 10.0 Å². The Morgan fingerprint density at radius 3 is 2.45 bits per heavy atom. The van der Waals surface area contributed by atoms with Gasteiger partial charge in [0, 0.05) is 13.6 Å². The minimum absolute atomic E-state index is 0.169. The molecule has 0 aliphatic carbocycles. The average molecular weight is 465 g/mol. The molecular formula is C25H24N2O5S. The molecule has 3 aromatic rings. The summed E-state index contributed by atoms with van der Waals surface area (Å²) < 4.78 is 39.3. The number of benzene rings is 3. The maximum Gasteiger partial charge on any atom is 0.257 e. The van der Waals surface area contributed by atoms with Crippen LogP contribution in [0.25, 0.3) is 11.1 Å². The molecule has 5 rings (SSSR count). The van der Waals surface area contributed by atoms with E-state index in [9.17, 15) is 13.2 Å². The number of methoxy groups -OCH3 is 1. The van der Waals surface area contributed by atoms with E-state index in [1.807, 2.05) is 36.4 Å². The van der Waals surface area contributed by atoms with E-state index in [2.05, 4.69) is 0 Å². The molecule has 1 saturated heterocycles. The molecule has 2 aliphatic heterocycles. The maximum absolute atomic E-state index is 13.2. The molecule has 1 fully saturated rings. The number of carbonyl (C=O) groups excluding carboxylic acids is 1. The Hall–Kier alpha value is -3.36. The Balaban J connectivity index is 1.48. The molecule has 2 atom stereocenters. The van der Waals surface area contributed by atoms with E-state index in [0.717, 1.165) is 16.9 Å². The van der Waals surface area contributed by atoms with Crippen LogP contribution in [-0.4, -0.2) is 62.9 Å². The fraction of sp³-hybridized carbons (Fsp3) is 0.240. The van der Waals surface area contributed by atoms with Crippen molar-refractivity contribution in [2.24, 2.45) is 0 Å². The van der Waals surface area contributed by atoms with E-state index < -0.39 is 16.1 Å². The number of amides is 1. The molecule has 0 saturated carbocycles. The van der Waals surface area contributed by atoms with Gasteiger partial charge in [-0.3, -0.25) is 4.79 Å². The van der Waals surface area contributed by atoms with Gasteiger partial charge in [0.1, 0.15) is 17.6 Å². The predicted octanol–water partition coefficient (Wildman–Crippen LogP) is 3.27. The van der Waals surface area contributed by atoms with E-state index in [-0.39, 0.29) is 29.9 Å². The molecule has 2 heterocycles. The number of hydrogen-bond acceptors (Lipinski definition) is 5. The van der Waals surface area contributed by atoms with Crippen molar-refractivity contribution in [3.63, 3.8) is 0 Å². The molecule has 0 spiro atoms. The summed E-state index contributed by atoms with van der Waals surface area (Å²) in [7, 11) is -0.369. The lowest BCUT2D eigenvalue weighted by molar-refractivity contribution is 0.0683. The first kappa shape index (κ1) is 21.5. The van der Waals surface area contributed by atoms with Crippen LogP contribution < -0.4 is 9.47 Å². The minimum atomic E-state index is -3.68. The summed E-state index contributed by atoms with van der Waals surface area (Å²) in [6.45, 7) is 0.350. The Kier molecular flexibility index (Phi) is 5.34. The van der Waals surface area contributed by atoms with Crippen LogP contribution in [0, 0.1) is 0 Å². The van der Waals surface area contributed by atoms with Crippen LogP contribution in [0.2, 0.25) is 0 Å². The van der Waals surface area contributed by atoms with Crippen molar-refractivity contribution in [1.29, 1.82) is 0 Å². The van der Waals surface area contributed by atoms with Crippen molar-refractivity contribution >= 4 is 15.9 Å². The Labute approximate surface area is 193 Å². The zero-order valence-electron chi connectivity index (χ0n) is 18.3. The summed E-state index contributed by atoms with van der Waals surface area (Å²) in [6.07, 6.45) is -0.473. The predicted molar refractivity (Wildman–Crippen MR) is 124 cm³/mol. The van der Waals surface area contributed by atoms with Crippen LogP contribution in [0.3, 0.4) is 0 Å². The molecule has 0 N–H and O–H groups in total. The highest BCUT2D eigenvalue weighted by molar-refractivity contribution is 7.89. The SMILES string of the molecule is COc1cccc(-c2ccc3c(c2)OC2CN(S(=O)(=O)c4ccccc4)CC2N(C)C3=O)c1. The van der Waals surface area contributed by atoms with Gasteiger partial charge in [0.15, 0.2) is 0 Å². The second-order valence-corrected chi connectivity index (χ2v) is 10.2. The summed E-state index contributed by atoms with van der Waals surface area (Å²) in [5.41, 5.74) is 2.28. The first-order chi connectivity index (χ1) is 15.9. The lowest BCUT2D eigenvalue weighted by atomic mass is 10.0. The maximum atomic E-state index is 13.2. The second kappa shape index (κ2) is 8.20. The third kappa shape index (κ3) is 3.75. The molecule has 0 radical (unpaired) electrons. The zero-order valence-corrected chi connectivity index (χ0v) is 19.2. The third-order valence-electron chi connectivity index (χ3n) is 6.30. The number of nitrogens with zero attached hydrogens (tertiary/aromatic N) is 2. The molecule has 33 heavy (non-hydrogen) atoms. The molecule has 1 amide bonds. The van der Waals surface area contributed by atoms with E-state index in [1.165, 1.54) is 4.31 Å². The van der Waals surface area contributed by atoms with E-state index in [0.29, 0.717) is 11.3 Å². The smallest absolute Gasteiger partial charge is 0.257 e. The van der Waals surface area contributed by atoms with Crippen molar-refractivity contribution in [2.45, 2.75) is 17.0 Å². The minimum Gasteiger partial charge on any atom is -0.497 e. The monoisotopic (exact) mass is 464 g/mol. The number of ether oxygens (including phenoxy) is 2. The Morgan fingerprint density at radius 2 is 1.70 bits per heavy atom. The summed E-state index contributed by atoms with van der Waals surface area (Å²) in [4.78, 5) is 15.0. The molecule has 170 valence electrons. The average Bonchev–Trinajstić information content (AvgIpc) is 3.24. The lowest BCUT2D eigenvalue weighted by Gasteiger charge is -2.25. The van der Waals surface area contributed by atoms with Crippen LogP contribution in [0.4, 0.5) is 0 Å². The van der Waals surface area contributed by atoms with Gasteiger partial charge in [-0.1, -0.05) is 36.4 Å². The van der Waals surface area contributed by atoms with Crippen molar-refractivity contribution in [3.8, 4) is 22.6 Å². The van der Waals surface area contributed by atoms with Gasteiger partial charge in [0.05, 0.1) is 30.2 Å². The summed E-state index contributed by atoms with van der Waals surface area (Å²) in [5, 5.41) is 0. The van der Waals surface area contributed by atoms with E-state index >= 15 is 0 Å². The van der Waals surface area contributed by atoms with Crippen LogP contribution in [-0.2, 0) is 10.0 Å². The zero-order chi connectivity index (χ0) is 23.2. The summed E-state index contributed by atoms with van der Waals surface area (Å²) in [6, 6.07) is 21.1. The van der Waals surface area contributed by atoms with Gasteiger partial charge in [-0.25, -0.2) is 8.42 Å². The van der Waals surface area contributed by atoms with Crippen LogP contribution in [0.5, 0.6) is 11.5 Å². The number of carbonyl (C=O) groups is 1. The van der Waals surface area contributed by atoms with E-state index in [4.69, 9.17) is 9.47 Å². The van der Waals surface area contributed by atoms with Crippen molar-refractivity contribution < 1.29 is 22.7 Å². The topological polar surface area (TPSA) is 76.2 Å². The highest BCUT2D eigenvalue weighted by Crippen LogP contribution is 2.36. The van der Waals surface area contributed by atoms with Gasteiger partial charge < -0.3 is 14.4 Å². The summed E-state index contributed by atoms with van der Waals surface area (Å²) in [5.74, 6) is 1.00. The molecular weight excluding hydrogens is 440 g/mol. The van der Waals surface area contributed by atoms with Crippen molar-refractivity contribution in [2.75, 3.05) is 27.2 Å². The molecule has 8 heteroatoms. The van der Waals surface area contributed by atoms with Gasteiger partial charge in [0.25, 0.3) is 5.91 Å². The largest absolute Gasteiger partial charge is 0.497 e. The fourth-order valence-electron chi connectivity index (χ4n) is 4.43. The summed E-state index contributed by atoms with van der Waals surface area (Å²) >= 11 is 0. The molecule has 0 bridgehead atoms. The molecule has 2 unspecified atom stereocenters. The Bertz CT molecular complexity index is 1310. The Morgan fingerprint density at radius 1 is 0.939 bits per heavy atom. The van der Waals surface area contributed by atoms with Gasteiger partial charge in [-0.05, 0) is 47.5 Å². The second-order valence-electron chi connectivity index (χ2n) is 8.22. The highest BCUT2D eigenvalue weighted by atomic mass is 32.2. The molecule has 3 aromatic carbocycles. The number of sulfonamides is 1. The van der Waals surface area contributed by atoms with Gasteiger partial charge in [-0.2, -0.15) is 4.31 Å². The number of hydrogen-bond donors (Lipinski definition) is 0. The number of fused-ring (bicyclic) bond motifs is 2. The van der Waals surface area contributed by atoms with Crippen molar-refractivity contribution in [1.82, 2.24) is 9.21 Å². The van der Waals surface area contributed by atoms with Gasteiger partial charge >= 0.3 is 0 Å². The molecule has 2 aliphatic rings. The van der Waals surface area contributed by atoms with Crippen LogP contribution in [0.15, 0.2) is 77.7 Å². The lowest BCUT2D eigenvalue weighted by Crippen LogP contribution is -2.44. The standard InChI is InChI=1S/C25H24N2O5S/c1-26-22-15-27(33(29,30)20-9-4-3-5-10-20)16-24(22)32-23-14-18(11-12-21(23)25(26)28)17-7-6-8-19(13-17)31-2/h3-14,22,24H,15-16H2,1-2H3. The van der Waals surface area contributed by atoms with Crippen LogP contribution >= 0.6 is 0 Å². The quantitative estimate of drug-likeness (QED) is 0.592. The first-order valence-electron chi connectivity index (χ1n) is 10.7. The first-order valence-corrected chi connectivity index (χ1v) is 12.1. The van der Waals surface area contributed by atoms with E-state index in [1.54, 1.807) is 55.5 Å². The van der Waals surface area contributed by atoms with Crippen LogP contribution in [0.1, 0.15) is 10.4 Å². The number of likely N-dealkylation sites (N-methyl/N-ethyl adjacent to an activating group) is 1. The molecule has 7 nitrogen and oxygen atoms in total. The normalized spacial score (nSPS) is 20.5. The third-order valence-corrected chi connectivity index (χ3v) is 8.14. The molecule has 0 aromatic heterocycles. The number of rotatable bonds is 4.